The van der Waals surface area contributed by atoms with Gasteiger partial charge in [-0.2, -0.15) is 0 Å². The van der Waals surface area contributed by atoms with E-state index in [-0.39, 0.29) is 17.4 Å². The molecular weight excluding hydrogens is 248 g/mol. The van der Waals surface area contributed by atoms with Crippen LogP contribution in [-0.4, -0.2) is 18.0 Å². The van der Waals surface area contributed by atoms with E-state index < -0.39 is 0 Å². The van der Waals surface area contributed by atoms with E-state index in [9.17, 15) is 4.79 Å². The molecule has 0 heterocycles. The second-order valence-corrected chi connectivity index (χ2v) is 6.56. The monoisotopic (exact) mass is 276 g/mol. The van der Waals surface area contributed by atoms with Crippen LogP contribution >= 0.6 is 0 Å². The summed E-state index contributed by atoms with van der Waals surface area (Å²) in [6.45, 7) is 10.8. The van der Waals surface area contributed by atoms with Crippen molar-refractivity contribution in [2.75, 3.05) is 6.54 Å². The van der Waals surface area contributed by atoms with E-state index in [2.05, 4.69) is 50.4 Å². The first-order valence-electron chi connectivity index (χ1n) is 7.36. The Morgan fingerprint density at radius 3 is 2.10 bits per heavy atom. The lowest BCUT2D eigenvalue weighted by molar-refractivity contribution is -0.122. The first-order valence-corrected chi connectivity index (χ1v) is 7.36. The number of carbonyl (C=O) groups excluding carboxylic acids is 1. The van der Waals surface area contributed by atoms with Gasteiger partial charge in [-0.1, -0.05) is 45.0 Å². The second-order valence-electron chi connectivity index (χ2n) is 6.56. The van der Waals surface area contributed by atoms with Crippen LogP contribution in [0.2, 0.25) is 0 Å². The van der Waals surface area contributed by atoms with E-state index in [1.807, 2.05) is 13.8 Å². The third kappa shape index (κ3) is 4.97. The van der Waals surface area contributed by atoms with Gasteiger partial charge in [0.1, 0.15) is 0 Å². The molecule has 0 spiro atoms. The standard InChI is InChI=1S/C17H28N2O/c1-12(2)14-6-8-15(9-7-14)13(3)10-16(20)19-17(4,5)11-18/h6-9,12-13H,10-11,18H2,1-5H3,(H,19,20). The third-order valence-corrected chi connectivity index (χ3v) is 3.65. The molecule has 1 amide bonds. The molecule has 0 aliphatic carbocycles. The fourth-order valence-corrected chi connectivity index (χ4v) is 2.08. The second kappa shape index (κ2) is 6.89. The van der Waals surface area contributed by atoms with Gasteiger partial charge in [-0.3, -0.25) is 4.79 Å². The molecule has 1 aromatic carbocycles. The summed E-state index contributed by atoms with van der Waals surface area (Å²) in [4.78, 5) is 12.0. The molecule has 0 aliphatic heterocycles. The summed E-state index contributed by atoms with van der Waals surface area (Å²) in [5, 5.41) is 2.97. The van der Waals surface area contributed by atoms with Crippen molar-refractivity contribution in [2.24, 2.45) is 5.73 Å². The molecule has 0 bridgehead atoms. The lowest BCUT2D eigenvalue weighted by Gasteiger charge is -2.25. The third-order valence-electron chi connectivity index (χ3n) is 3.65. The number of hydrogen-bond acceptors (Lipinski definition) is 2. The van der Waals surface area contributed by atoms with Crippen LogP contribution in [0, 0.1) is 0 Å². The Hall–Kier alpha value is -1.35. The van der Waals surface area contributed by atoms with Crippen LogP contribution < -0.4 is 11.1 Å². The molecule has 0 aliphatic rings. The quantitative estimate of drug-likeness (QED) is 0.838. The largest absolute Gasteiger partial charge is 0.350 e. The fraction of sp³-hybridized carbons (Fsp3) is 0.588. The molecule has 0 saturated heterocycles. The number of amides is 1. The molecule has 112 valence electrons. The predicted octanol–water partition coefficient (Wildman–Crippen LogP) is 3.16. The van der Waals surface area contributed by atoms with Crippen LogP contribution in [-0.2, 0) is 4.79 Å². The topological polar surface area (TPSA) is 55.1 Å². The van der Waals surface area contributed by atoms with Gasteiger partial charge in [0, 0.05) is 18.5 Å². The van der Waals surface area contributed by atoms with Gasteiger partial charge in [0.2, 0.25) is 5.91 Å². The minimum atomic E-state index is -0.335. The van der Waals surface area contributed by atoms with Crippen LogP contribution in [0.3, 0.4) is 0 Å². The number of carbonyl (C=O) groups is 1. The molecule has 3 nitrogen and oxygen atoms in total. The summed E-state index contributed by atoms with van der Waals surface area (Å²) >= 11 is 0. The van der Waals surface area contributed by atoms with E-state index in [1.54, 1.807) is 0 Å². The molecule has 20 heavy (non-hydrogen) atoms. The highest BCUT2D eigenvalue weighted by atomic mass is 16.1. The maximum atomic E-state index is 12.0. The Morgan fingerprint density at radius 2 is 1.65 bits per heavy atom. The van der Waals surface area contributed by atoms with Crippen LogP contribution in [0.4, 0.5) is 0 Å². The van der Waals surface area contributed by atoms with Gasteiger partial charge >= 0.3 is 0 Å². The lowest BCUT2D eigenvalue weighted by Crippen LogP contribution is -2.49. The summed E-state index contributed by atoms with van der Waals surface area (Å²) in [6, 6.07) is 8.55. The van der Waals surface area contributed by atoms with Crippen molar-refractivity contribution in [3.63, 3.8) is 0 Å². The molecule has 0 fully saturated rings. The van der Waals surface area contributed by atoms with Gasteiger partial charge in [-0.25, -0.2) is 0 Å². The normalized spacial score (nSPS) is 13.3. The molecule has 1 aromatic rings. The van der Waals surface area contributed by atoms with Gasteiger partial charge in [-0.15, -0.1) is 0 Å². The SMILES string of the molecule is CC(C)c1ccc(C(C)CC(=O)NC(C)(C)CN)cc1. The first kappa shape index (κ1) is 16.7. The van der Waals surface area contributed by atoms with Crippen molar-refractivity contribution in [3.05, 3.63) is 35.4 Å². The number of hydrogen-bond donors (Lipinski definition) is 2. The highest BCUT2D eigenvalue weighted by Gasteiger charge is 2.20. The highest BCUT2D eigenvalue weighted by Crippen LogP contribution is 2.22. The van der Waals surface area contributed by atoms with Crippen LogP contribution in [0.15, 0.2) is 24.3 Å². The average Bonchev–Trinajstić information content (AvgIpc) is 2.38. The maximum Gasteiger partial charge on any atom is 0.221 e. The summed E-state index contributed by atoms with van der Waals surface area (Å²) in [5.74, 6) is 0.804. The van der Waals surface area contributed by atoms with E-state index in [4.69, 9.17) is 5.73 Å². The molecule has 1 unspecified atom stereocenters. The number of rotatable bonds is 6. The van der Waals surface area contributed by atoms with Crippen molar-refractivity contribution in [2.45, 2.75) is 58.4 Å². The summed E-state index contributed by atoms with van der Waals surface area (Å²) in [6.07, 6.45) is 0.491. The summed E-state index contributed by atoms with van der Waals surface area (Å²) in [5.41, 5.74) is 7.82. The van der Waals surface area contributed by atoms with Gasteiger partial charge in [0.15, 0.2) is 0 Å². The zero-order valence-electron chi connectivity index (χ0n) is 13.4. The van der Waals surface area contributed by atoms with E-state index >= 15 is 0 Å². The fourth-order valence-electron chi connectivity index (χ4n) is 2.08. The van der Waals surface area contributed by atoms with Crippen LogP contribution in [0.5, 0.6) is 0 Å². The zero-order chi connectivity index (χ0) is 15.3. The highest BCUT2D eigenvalue weighted by molar-refractivity contribution is 5.77. The maximum absolute atomic E-state index is 12.0. The molecular formula is C17H28N2O. The molecule has 1 rings (SSSR count). The van der Waals surface area contributed by atoms with E-state index in [1.165, 1.54) is 11.1 Å². The van der Waals surface area contributed by atoms with Crippen molar-refractivity contribution in [3.8, 4) is 0 Å². The number of nitrogens with two attached hydrogens (primary N) is 1. The minimum Gasteiger partial charge on any atom is -0.350 e. The van der Waals surface area contributed by atoms with Gasteiger partial charge < -0.3 is 11.1 Å². The van der Waals surface area contributed by atoms with Gasteiger partial charge in [-0.05, 0) is 36.8 Å². The number of nitrogens with one attached hydrogen (secondary N) is 1. The zero-order valence-corrected chi connectivity index (χ0v) is 13.4. The van der Waals surface area contributed by atoms with Crippen LogP contribution in [0.25, 0.3) is 0 Å². The lowest BCUT2D eigenvalue weighted by atomic mass is 9.93. The Morgan fingerprint density at radius 1 is 1.15 bits per heavy atom. The Bertz CT molecular complexity index is 435. The van der Waals surface area contributed by atoms with Gasteiger partial charge in [0.05, 0.1) is 0 Å². The number of benzene rings is 1. The molecule has 0 saturated carbocycles. The Labute approximate surface area is 122 Å². The molecule has 3 heteroatoms. The van der Waals surface area contributed by atoms with Gasteiger partial charge in [0.25, 0.3) is 0 Å². The smallest absolute Gasteiger partial charge is 0.221 e. The van der Waals surface area contributed by atoms with Crippen molar-refractivity contribution in [1.82, 2.24) is 5.32 Å². The summed E-state index contributed by atoms with van der Waals surface area (Å²) in [7, 11) is 0. The molecule has 1 atom stereocenters. The molecule has 0 aromatic heterocycles. The van der Waals surface area contributed by atoms with E-state index in [0.29, 0.717) is 18.9 Å². The Balaban J connectivity index is 2.62. The minimum absolute atomic E-state index is 0.0564. The van der Waals surface area contributed by atoms with Crippen molar-refractivity contribution >= 4 is 5.91 Å². The van der Waals surface area contributed by atoms with Crippen molar-refractivity contribution < 1.29 is 4.79 Å². The first-order chi connectivity index (χ1) is 9.25. The molecule has 3 N–H and O–H groups in total. The Kier molecular flexibility index (Phi) is 5.75. The summed E-state index contributed by atoms with van der Waals surface area (Å²) < 4.78 is 0. The van der Waals surface area contributed by atoms with Crippen molar-refractivity contribution in [1.29, 1.82) is 0 Å². The predicted molar refractivity (Wildman–Crippen MR) is 84.8 cm³/mol. The molecule has 0 radical (unpaired) electrons. The van der Waals surface area contributed by atoms with E-state index in [0.717, 1.165) is 0 Å². The average molecular weight is 276 g/mol. The van der Waals surface area contributed by atoms with Crippen LogP contribution in [0.1, 0.15) is 64.0 Å².